The molecule has 0 aliphatic carbocycles. The van der Waals surface area contributed by atoms with Crippen molar-refractivity contribution in [1.29, 1.82) is 0 Å². The van der Waals surface area contributed by atoms with Crippen LogP contribution in [0.25, 0.3) is 10.2 Å². The third-order valence-corrected chi connectivity index (χ3v) is 8.01. The van der Waals surface area contributed by atoms with Gasteiger partial charge in [0.25, 0.3) is 5.91 Å². The van der Waals surface area contributed by atoms with Crippen molar-refractivity contribution in [2.75, 3.05) is 11.1 Å². The number of halogens is 2. The van der Waals surface area contributed by atoms with Crippen LogP contribution < -0.4 is 10.6 Å². The molecular formula is C24H24Cl2N6O2S2. The summed E-state index contributed by atoms with van der Waals surface area (Å²) in [5.41, 5.74) is 1.25. The van der Waals surface area contributed by atoms with Gasteiger partial charge in [-0.15, -0.1) is 10.2 Å². The summed E-state index contributed by atoms with van der Waals surface area (Å²) in [5.74, 6) is 0.332. The Labute approximate surface area is 226 Å². The van der Waals surface area contributed by atoms with Gasteiger partial charge in [-0.3, -0.25) is 9.59 Å². The molecule has 8 nitrogen and oxygen atoms in total. The number of aromatic nitrogens is 4. The summed E-state index contributed by atoms with van der Waals surface area (Å²) in [5, 5.41) is 16.4. The minimum atomic E-state index is -0.398. The number of hydrogen-bond donors (Lipinski definition) is 2. The van der Waals surface area contributed by atoms with E-state index in [-0.39, 0.29) is 23.5 Å². The predicted molar refractivity (Wildman–Crippen MR) is 146 cm³/mol. The van der Waals surface area contributed by atoms with E-state index in [9.17, 15) is 9.59 Å². The number of benzene rings is 2. The topological polar surface area (TPSA) is 102 Å². The Kier molecular flexibility index (Phi) is 8.50. The monoisotopic (exact) mass is 562 g/mol. The smallest absolute Gasteiger partial charge is 0.251 e. The van der Waals surface area contributed by atoms with Crippen LogP contribution in [0.4, 0.5) is 5.13 Å². The Bertz CT molecular complexity index is 1370. The molecule has 2 amide bonds. The fraction of sp³-hybridized carbons (Fsp3) is 0.292. The SMILES string of the molecule is CCn1c(SCC(=O)Nc2nc3ccccc3s2)nnc1[C@@H](NC(=O)c1ccc(Cl)c(Cl)c1)C(C)C. The molecular weight excluding hydrogens is 539 g/mol. The van der Waals surface area contributed by atoms with Crippen molar-refractivity contribution < 1.29 is 9.59 Å². The number of fused-ring (bicyclic) bond motifs is 1. The van der Waals surface area contributed by atoms with Gasteiger partial charge in [0.1, 0.15) is 0 Å². The lowest BCUT2D eigenvalue weighted by atomic mass is 10.0. The van der Waals surface area contributed by atoms with Crippen LogP contribution in [0.3, 0.4) is 0 Å². The van der Waals surface area contributed by atoms with E-state index in [1.807, 2.05) is 49.6 Å². The van der Waals surface area contributed by atoms with Crippen molar-refractivity contribution in [1.82, 2.24) is 25.1 Å². The maximum absolute atomic E-state index is 12.9. The Morgan fingerprint density at radius 3 is 2.58 bits per heavy atom. The number of nitrogens with one attached hydrogen (secondary N) is 2. The summed E-state index contributed by atoms with van der Waals surface area (Å²) >= 11 is 14.8. The van der Waals surface area contributed by atoms with E-state index in [1.54, 1.807) is 12.1 Å². The second-order valence-corrected chi connectivity index (χ2v) is 11.0. The van der Waals surface area contributed by atoms with Crippen LogP contribution >= 0.6 is 46.3 Å². The quantitative estimate of drug-likeness (QED) is 0.240. The molecule has 0 bridgehead atoms. The molecule has 2 heterocycles. The number of rotatable bonds is 9. The third-order valence-electron chi connectivity index (χ3n) is 5.35. The Morgan fingerprint density at radius 2 is 1.89 bits per heavy atom. The first kappa shape index (κ1) is 26.4. The van der Waals surface area contributed by atoms with Crippen molar-refractivity contribution in [3.63, 3.8) is 0 Å². The first-order chi connectivity index (χ1) is 17.3. The van der Waals surface area contributed by atoms with Gasteiger partial charge in [-0.05, 0) is 43.2 Å². The van der Waals surface area contributed by atoms with Crippen LogP contribution in [-0.4, -0.2) is 37.3 Å². The molecule has 4 rings (SSSR count). The summed E-state index contributed by atoms with van der Waals surface area (Å²) < 4.78 is 2.92. The second kappa shape index (κ2) is 11.6. The van der Waals surface area contributed by atoms with E-state index in [0.29, 0.717) is 38.3 Å². The maximum atomic E-state index is 12.9. The highest BCUT2D eigenvalue weighted by molar-refractivity contribution is 7.99. The van der Waals surface area contributed by atoms with Gasteiger partial charge in [-0.25, -0.2) is 4.98 Å². The summed E-state index contributed by atoms with van der Waals surface area (Å²) in [6.07, 6.45) is 0. The van der Waals surface area contributed by atoms with E-state index in [2.05, 4.69) is 25.8 Å². The standard InChI is InChI=1S/C24H24Cl2N6O2S2/c1-4-32-21(20(13(2)3)29-22(34)14-9-10-15(25)16(26)11-14)30-31-24(32)35-12-19(33)28-23-27-17-7-5-6-8-18(17)36-23/h5-11,13,20H,4,12H2,1-3H3,(H,29,34)(H,27,28,33)/t20-/m0/s1. The Hall–Kier alpha value is -2.66. The van der Waals surface area contributed by atoms with Crippen LogP contribution in [0.2, 0.25) is 10.0 Å². The van der Waals surface area contributed by atoms with Crippen molar-refractivity contribution >= 4 is 73.5 Å². The highest BCUT2D eigenvalue weighted by atomic mass is 35.5. The Morgan fingerprint density at radius 1 is 1.11 bits per heavy atom. The van der Waals surface area contributed by atoms with E-state index < -0.39 is 6.04 Å². The largest absolute Gasteiger partial charge is 0.342 e. The lowest BCUT2D eigenvalue weighted by molar-refractivity contribution is -0.113. The zero-order chi connectivity index (χ0) is 25.8. The van der Waals surface area contributed by atoms with E-state index >= 15 is 0 Å². The van der Waals surface area contributed by atoms with Crippen LogP contribution in [-0.2, 0) is 11.3 Å². The number of thioether (sulfide) groups is 1. The molecule has 12 heteroatoms. The normalized spacial score (nSPS) is 12.2. The molecule has 188 valence electrons. The van der Waals surface area contributed by atoms with Crippen molar-refractivity contribution in [2.45, 2.75) is 38.5 Å². The fourth-order valence-electron chi connectivity index (χ4n) is 3.54. The van der Waals surface area contributed by atoms with E-state index in [4.69, 9.17) is 23.2 Å². The zero-order valence-corrected chi connectivity index (χ0v) is 22.9. The average Bonchev–Trinajstić information content (AvgIpc) is 3.45. The maximum Gasteiger partial charge on any atom is 0.251 e. The molecule has 0 radical (unpaired) electrons. The molecule has 0 spiro atoms. The van der Waals surface area contributed by atoms with Gasteiger partial charge >= 0.3 is 0 Å². The van der Waals surface area contributed by atoms with Gasteiger partial charge in [0.2, 0.25) is 5.91 Å². The molecule has 4 aromatic rings. The summed E-state index contributed by atoms with van der Waals surface area (Å²) in [6, 6.07) is 12.1. The lowest BCUT2D eigenvalue weighted by Crippen LogP contribution is -2.33. The van der Waals surface area contributed by atoms with Gasteiger partial charge in [0.05, 0.1) is 32.1 Å². The molecule has 2 N–H and O–H groups in total. The van der Waals surface area contributed by atoms with Crippen molar-refractivity contribution in [3.8, 4) is 0 Å². The number of carbonyl (C=O) groups is 2. The van der Waals surface area contributed by atoms with Crippen molar-refractivity contribution in [3.05, 3.63) is 63.9 Å². The van der Waals surface area contributed by atoms with Crippen LogP contribution in [0, 0.1) is 5.92 Å². The fourth-order valence-corrected chi connectivity index (χ4v) is 5.53. The zero-order valence-electron chi connectivity index (χ0n) is 19.8. The van der Waals surface area contributed by atoms with Gasteiger partial charge < -0.3 is 15.2 Å². The van der Waals surface area contributed by atoms with E-state index in [1.165, 1.54) is 29.2 Å². The molecule has 0 saturated carbocycles. The number of thiazole rings is 1. The van der Waals surface area contributed by atoms with Gasteiger partial charge in [-0.2, -0.15) is 0 Å². The lowest BCUT2D eigenvalue weighted by Gasteiger charge is -2.22. The van der Waals surface area contributed by atoms with Crippen molar-refractivity contribution in [2.24, 2.45) is 5.92 Å². The third kappa shape index (κ3) is 6.00. The minimum Gasteiger partial charge on any atom is -0.342 e. The molecule has 2 aromatic carbocycles. The molecule has 36 heavy (non-hydrogen) atoms. The van der Waals surface area contributed by atoms with Crippen LogP contribution in [0.5, 0.6) is 0 Å². The minimum absolute atomic E-state index is 0.0337. The molecule has 0 saturated heterocycles. The van der Waals surface area contributed by atoms with Gasteiger partial charge in [0.15, 0.2) is 16.1 Å². The number of hydrogen-bond acceptors (Lipinski definition) is 7. The molecule has 0 aliphatic rings. The average molecular weight is 564 g/mol. The molecule has 0 fully saturated rings. The summed E-state index contributed by atoms with van der Waals surface area (Å²) in [4.78, 5) is 29.9. The summed E-state index contributed by atoms with van der Waals surface area (Å²) in [7, 11) is 0. The highest BCUT2D eigenvalue weighted by Crippen LogP contribution is 2.28. The second-order valence-electron chi connectivity index (χ2n) is 8.23. The number of carbonyl (C=O) groups excluding carboxylic acids is 2. The summed E-state index contributed by atoms with van der Waals surface area (Å²) in [6.45, 7) is 6.53. The number of nitrogens with zero attached hydrogens (tertiary/aromatic N) is 4. The van der Waals surface area contributed by atoms with Gasteiger partial charge in [-0.1, -0.05) is 72.3 Å². The molecule has 2 aromatic heterocycles. The number of para-hydroxylation sites is 1. The van der Waals surface area contributed by atoms with Crippen LogP contribution in [0.15, 0.2) is 47.6 Å². The number of amides is 2. The predicted octanol–water partition coefficient (Wildman–Crippen LogP) is 6.07. The molecule has 0 aliphatic heterocycles. The highest BCUT2D eigenvalue weighted by Gasteiger charge is 2.26. The molecule has 1 atom stereocenters. The first-order valence-corrected chi connectivity index (χ1v) is 13.8. The Balaban J connectivity index is 1.45. The first-order valence-electron chi connectivity index (χ1n) is 11.2. The number of anilines is 1. The van der Waals surface area contributed by atoms with Crippen LogP contribution in [0.1, 0.15) is 43.0 Å². The van der Waals surface area contributed by atoms with Gasteiger partial charge in [0, 0.05) is 12.1 Å². The molecule has 0 unspecified atom stereocenters. The van der Waals surface area contributed by atoms with E-state index in [0.717, 1.165) is 10.2 Å².